The van der Waals surface area contributed by atoms with Gasteiger partial charge in [-0.25, -0.2) is 9.97 Å². The van der Waals surface area contributed by atoms with Crippen LogP contribution in [-0.4, -0.2) is 33.3 Å². The van der Waals surface area contributed by atoms with E-state index in [1.54, 1.807) is 19.3 Å². The molecule has 0 fully saturated rings. The maximum Gasteiger partial charge on any atom is 0.316 e. The van der Waals surface area contributed by atoms with Gasteiger partial charge in [0.15, 0.2) is 5.16 Å². The monoisotopic (exact) mass is 331 g/mol. The molecule has 0 atom stereocenters. The summed E-state index contributed by atoms with van der Waals surface area (Å²) >= 11 is 1.26. The SMILES string of the molecule is CCOC(=O)CSc1nccc(-c2cc(C(C)(C)C)ccn2)n1. The number of carbonyl (C=O) groups excluding carboxylic acids is 1. The van der Waals surface area contributed by atoms with E-state index >= 15 is 0 Å². The van der Waals surface area contributed by atoms with E-state index in [9.17, 15) is 4.79 Å². The molecule has 0 aliphatic carbocycles. The van der Waals surface area contributed by atoms with E-state index in [1.807, 2.05) is 18.2 Å². The lowest BCUT2D eigenvalue weighted by atomic mass is 9.87. The van der Waals surface area contributed by atoms with E-state index in [-0.39, 0.29) is 17.1 Å². The summed E-state index contributed by atoms with van der Waals surface area (Å²) in [6.45, 7) is 8.64. The van der Waals surface area contributed by atoms with Crippen LogP contribution in [0.5, 0.6) is 0 Å². The van der Waals surface area contributed by atoms with Crippen molar-refractivity contribution in [3.05, 3.63) is 36.2 Å². The summed E-state index contributed by atoms with van der Waals surface area (Å²) in [5.74, 6) is -0.0633. The zero-order valence-corrected chi connectivity index (χ0v) is 14.7. The molecule has 0 bridgehead atoms. The predicted molar refractivity (Wildman–Crippen MR) is 91.3 cm³/mol. The van der Waals surface area contributed by atoms with Gasteiger partial charge in [0.2, 0.25) is 0 Å². The molecule has 0 aliphatic heterocycles. The highest BCUT2D eigenvalue weighted by molar-refractivity contribution is 7.99. The highest BCUT2D eigenvalue weighted by atomic mass is 32.2. The first-order valence-electron chi connectivity index (χ1n) is 7.48. The van der Waals surface area contributed by atoms with E-state index in [1.165, 1.54) is 17.3 Å². The second kappa shape index (κ2) is 7.55. The van der Waals surface area contributed by atoms with E-state index < -0.39 is 0 Å². The van der Waals surface area contributed by atoms with Crippen molar-refractivity contribution < 1.29 is 9.53 Å². The lowest BCUT2D eigenvalue weighted by molar-refractivity contribution is -0.139. The maximum atomic E-state index is 11.4. The zero-order valence-electron chi connectivity index (χ0n) is 13.9. The molecule has 122 valence electrons. The number of pyridine rings is 1. The molecule has 5 nitrogen and oxygen atoms in total. The molecule has 0 radical (unpaired) electrons. The van der Waals surface area contributed by atoms with Crippen LogP contribution >= 0.6 is 11.8 Å². The molecule has 0 saturated carbocycles. The van der Waals surface area contributed by atoms with Crippen molar-refractivity contribution in [3.63, 3.8) is 0 Å². The van der Waals surface area contributed by atoms with Crippen molar-refractivity contribution in [1.82, 2.24) is 15.0 Å². The third-order valence-corrected chi connectivity index (χ3v) is 3.98. The first-order valence-corrected chi connectivity index (χ1v) is 8.47. The molecule has 0 aliphatic rings. The minimum Gasteiger partial charge on any atom is -0.465 e. The summed E-state index contributed by atoms with van der Waals surface area (Å²) in [7, 11) is 0. The van der Waals surface area contributed by atoms with E-state index in [4.69, 9.17) is 4.74 Å². The number of esters is 1. The highest BCUT2D eigenvalue weighted by Gasteiger charge is 2.15. The zero-order chi connectivity index (χ0) is 16.9. The lowest BCUT2D eigenvalue weighted by Crippen LogP contribution is -2.11. The molecular formula is C17H21N3O2S. The Kier molecular flexibility index (Phi) is 5.71. The van der Waals surface area contributed by atoms with Crippen LogP contribution in [0.1, 0.15) is 33.3 Å². The van der Waals surface area contributed by atoms with Crippen molar-refractivity contribution in [3.8, 4) is 11.4 Å². The van der Waals surface area contributed by atoms with Crippen LogP contribution in [0.15, 0.2) is 35.7 Å². The van der Waals surface area contributed by atoms with Crippen LogP contribution in [-0.2, 0) is 14.9 Å². The number of thioether (sulfide) groups is 1. The minimum atomic E-state index is -0.264. The van der Waals surface area contributed by atoms with Crippen LogP contribution in [0.2, 0.25) is 0 Å². The van der Waals surface area contributed by atoms with Gasteiger partial charge in [-0.05, 0) is 36.1 Å². The fourth-order valence-corrected chi connectivity index (χ4v) is 2.54. The number of ether oxygens (including phenoxy) is 1. The molecule has 23 heavy (non-hydrogen) atoms. The first-order chi connectivity index (χ1) is 10.9. The standard InChI is InChI=1S/C17H21N3O2S/c1-5-22-15(21)11-23-16-19-9-7-13(20-16)14-10-12(6-8-18-14)17(2,3)4/h6-10H,5,11H2,1-4H3. The molecule has 2 aromatic rings. The van der Waals surface area contributed by atoms with E-state index in [0.29, 0.717) is 11.8 Å². The smallest absolute Gasteiger partial charge is 0.316 e. The van der Waals surface area contributed by atoms with Crippen LogP contribution in [0.3, 0.4) is 0 Å². The third-order valence-electron chi connectivity index (χ3n) is 3.15. The molecule has 2 heterocycles. The van der Waals surface area contributed by atoms with Gasteiger partial charge in [-0.15, -0.1) is 0 Å². The Hall–Kier alpha value is -1.95. The van der Waals surface area contributed by atoms with Gasteiger partial charge in [0.1, 0.15) is 0 Å². The largest absolute Gasteiger partial charge is 0.465 e. The van der Waals surface area contributed by atoms with Gasteiger partial charge in [0.05, 0.1) is 23.7 Å². The average molecular weight is 331 g/mol. The molecule has 0 amide bonds. The summed E-state index contributed by atoms with van der Waals surface area (Å²) in [5, 5.41) is 0.540. The van der Waals surface area contributed by atoms with Gasteiger partial charge in [-0.2, -0.15) is 0 Å². The Bertz CT molecular complexity index is 684. The normalized spacial score (nSPS) is 11.3. The van der Waals surface area contributed by atoms with Gasteiger partial charge in [0.25, 0.3) is 0 Å². The number of carbonyl (C=O) groups is 1. The van der Waals surface area contributed by atoms with Gasteiger partial charge in [-0.3, -0.25) is 9.78 Å². The fourth-order valence-electron chi connectivity index (χ4n) is 1.92. The molecule has 0 aromatic carbocycles. The lowest BCUT2D eigenvalue weighted by Gasteiger charge is -2.19. The fraction of sp³-hybridized carbons (Fsp3) is 0.412. The van der Waals surface area contributed by atoms with E-state index in [2.05, 4.69) is 35.7 Å². The van der Waals surface area contributed by atoms with Gasteiger partial charge >= 0.3 is 5.97 Å². The Morgan fingerprint density at radius 1 is 1.17 bits per heavy atom. The number of nitrogens with zero attached hydrogens (tertiary/aromatic N) is 3. The Balaban J connectivity index is 2.18. The van der Waals surface area contributed by atoms with Crippen molar-refractivity contribution in [1.29, 1.82) is 0 Å². The summed E-state index contributed by atoms with van der Waals surface area (Å²) in [5.41, 5.74) is 2.80. The Labute approximate surface area is 140 Å². The van der Waals surface area contributed by atoms with Crippen molar-refractivity contribution >= 4 is 17.7 Å². The van der Waals surface area contributed by atoms with Gasteiger partial charge in [0, 0.05) is 12.4 Å². The van der Waals surface area contributed by atoms with Gasteiger partial charge < -0.3 is 4.74 Å². The first kappa shape index (κ1) is 17.4. The molecular weight excluding hydrogens is 310 g/mol. The maximum absolute atomic E-state index is 11.4. The van der Waals surface area contributed by atoms with Crippen LogP contribution in [0.4, 0.5) is 0 Å². The number of hydrogen-bond donors (Lipinski definition) is 0. The third kappa shape index (κ3) is 5.03. The summed E-state index contributed by atoms with van der Waals surface area (Å²) in [6.07, 6.45) is 3.48. The summed E-state index contributed by atoms with van der Waals surface area (Å²) in [4.78, 5) is 24.5. The average Bonchev–Trinajstić information content (AvgIpc) is 2.53. The number of rotatable bonds is 5. The quantitative estimate of drug-likeness (QED) is 0.475. The van der Waals surface area contributed by atoms with Crippen LogP contribution in [0, 0.1) is 0 Å². The molecule has 0 unspecified atom stereocenters. The molecule has 2 aromatic heterocycles. The molecule has 0 spiro atoms. The van der Waals surface area contributed by atoms with Crippen molar-refractivity contribution in [2.24, 2.45) is 0 Å². The topological polar surface area (TPSA) is 65.0 Å². The van der Waals surface area contributed by atoms with Crippen LogP contribution in [0.25, 0.3) is 11.4 Å². The van der Waals surface area contributed by atoms with Gasteiger partial charge in [-0.1, -0.05) is 32.5 Å². The number of hydrogen-bond acceptors (Lipinski definition) is 6. The molecule has 6 heteroatoms. The van der Waals surface area contributed by atoms with Crippen LogP contribution < -0.4 is 0 Å². The summed E-state index contributed by atoms with van der Waals surface area (Å²) < 4.78 is 4.90. The molecule has 0 N–H and O–H groups in total. The second-order valence-corrected chi connectivity index (χ2v) is 6.94. The summed E-state index contributed by atoms with van der Waals surface area (Å²) in [6, 6.07) is 5.88. The Morgan fingerprint density at radius 3 is 2.61 bits per heavy atom. The molecule has 2 rings (SSSR count). The predicted octanol–water partition coefficient (Wildman–Crippen LogP) is 3.49. The minimum absolute atomic E-state index is 0.0478. The van der Waals surface area contributed by atoms with Crippen molar-refractivity contribution in [2.75, 3.05) is 12.4 Å². The Morgan fingerprint density at radius 2 is 1.91 bits per heavy atom. The van der Waals surface area contributed by atoms with E-state index in [0.717, 1.165) is 11.4 Å². The van der Waals surface area contributed by atoms with Crippen molar-refractivity contribution in [2.45, 2.75) is 38.3 Å². The second-order valence-electron chi connectivity index (χ2n) is 6.00. The molecule has 0 saturated heterocycles. The highest BCUT2D eigenvalue weighted by Crippen LogP contribution is 2.25. The number of aromatic nitrogens is 3.